The highest BCUT2D eigenvalue weighted by atomic mass is 35.5. The molecule has 0 aromatic heterocycles. The summed E-state index contributed by atoms with van der Waals surface area (Å²) in [6.45, 7) is 20.2. The Morgan fingerprint density at radius 3 is 1.43 bits per heavy atom. The van der Waals surface area contributed by atoms with Crippen LogP contribution in [0.3, 0.4) is 0 Å². The molecule has 4 saturated heterocycles. The van der Waals surface area contributed by atoms with Crippen molar-refractivity contribution in [3.05, 3.63) is 109 Å². The summed E-state index contributed by atoms with van der Waals surface area (Å²) in [5.74, 6) is 0.544. The van der Waals surface area contributed by atoms with Crippen molar-refractivity contribution in [1.82, 2.24) is 15.1 Å². The molecule has 4 aromatic carbocycles. The number of amides is 3. The molecule has 4 aliphatic heterocycles. The highest BCUT2D eigenvalue weighted by Gasteiger charge is 2.33. The molecule has 15 nitrogen and oxygen atoms in total. The third-order valence-electron chi connectivity index (χ3n) is 12.1. The van der Waals surface area contributed by atoms with Crippen LogP contribution >= 0.6 is 11.6 Å². The third kappa shape index (κ3) is 16.5. The molecule has 70 heavy (non-hydrogen) atoms. The van der Waals surface area contributed by atoms with Crippen molar-refractivity contribution >= 4 is 57.7 Å². The second-order valence-electron chi connectivity index (χ2n) is 16.6. The van der Waals surface area contributed by atoms with Gasteiger partial charge in [0.25, 0.3) is 11.1 Å². The second-order valence-corrected chi connectivity index (χ2v) is 17.0. The van der Waals surface area contributed by atoms with Gasteiger partial charge in [0.2, 0.25) is 0 Å². The van der Waals surface area contributed by atoms with Gasteiger partial charge in [0.1, 0.15) is 35.3 Å². The molecule has 18 heteroatoms. The van der Waals surface area contributed by atoms with E-state index >= 15 is 0 Å². The number of carbonyl (C=O) groups is 4. The summed E-state index contributed by atoms with van der Waals surface area (Å²) in [6.07, 6.45) is 0.395. The summed E-state index contributed by atoms with van der Waals surface area (Å²) in [4.78, 5) is 57.5. The van der Waals surface area contributed by atoms with Crippen LogP contribution < -0.4 is 34.4 Å². The van der Waals surface area contributed by atoms with E-state index in [1.807, 2.05) is 72.2 Å². The zero-order valence-corrected chi connectivity index (χ0v) is 41.8. The topological polar surface area (TPSA) is 137 Å². The van der Waals surface area contributed by atoms with Crippen molar-refractivity contribution in [1.29, 1.82) is 0 Å². The van der Waals surface area contributed by atoms with Gasteiger partial charge in [-0.15, -0.1) is 0 Å². The van der Waals surface area contributed by atoms with Crippen molar-refractivity contribution in [3.8, 4) is 11.5 Å². The van der Waals surface area contributed by atoms with Crippen molar-refractivity contribution in [3.63, 3.8) is 0 Å². The first-order chi connectivity index (χ1) is 33.9. The SMILES string of the molecule is CCN(CC)CC.CC[C@H]1CN(c2ccc(N3CCN(C(=O)COc4ccccc4)CC3)c(F)c2)C(=O)O1.CC[C@H]1CN(c2ccc(N3CCNCC3)c(F)c2)C(=O)O1.O=C(Cl)COc1ccccc1. The van der Waals surface area contributed by atoms with E-state index in [1.165, 1.54) is 41.6 Å². The fourth-order valence-corrected chi connectivity index (χ4v) is 7.97. The van der Waals surface area contributed by atoms with E-state index in [1.54, 1.807) is 41.3 Å². The average Bonchev–Trinajstić information content (AvgIpc) is 3.98. The molecule has 4 aliphatic rings. The normalized spacial score (nSPS) is 17.6. The van der Waals surface area contributed by atoms with E-state index < -0.39 is 23.2 Å². The molecule has 0 radical (unpaired) electrons. The fourth-order valence-electron chi connectivity index (χ4n) is 7.91. The predicted molar refractivity (Wildman–Crippen MR) is 271 cm³/mol. The first kappa shape index (κ1) is 54.8. The van der Waals surface area contributed by atoms with E-state index in [2.05, 4.69) is 31.0 Å². The van der Waals surface area contributed by atoms with Crippen LogP contribution in [0.1, 0.15) is 47.5 Å². The van der Waals surface area contributed by atoms with E-state index in [0.717, 1.165) is 39.0 Å². The number of cyclic esters (lactones) is 2. The van der Waals surface area contributed by atoms with Gasteiger partial charge in [0.15, 0.2) is 13.2 Å². The lowest BCUT2D eigenvalue weighted by molar-refractivity contribution is -0.133. The van der Waals surface area contributed by atoms with Crippen molar-refractivity contribution in [2.75, 3.05) is 118 Å². The zero-order chi connectivity index (χ0) is 50.4. The maximum absolute atomic E-state index is 14.8. The van der Waals surface area contributed by atoms with Gasteiger partial charge in [-0.3, -0.25) is 19.4 Å². The number of ether oxygens (including phenoxy) is 4. The summed E-state index contributed by atoms with van der Waals surface area (Å²) in [7, 11) is 0. The third-order valence-corrected chi connectivity index (χ3v) is 12.2. The number of rotatable bonds is 15. The number of benzene rings is 4. The van der Waals surface area contributed by atoms with Gasteiger partial charge < -0.3 is 43.9 Å². The van der Waals surface area contributed by atoms with Gasteiger partial charge in [0.05, 0.1) is 35.8 Å². The number of piperazine rings is 2. The molecule has 0 bridgehead atoms. The minimum Gasteiger partial charge on any atom is -0.484 e. The van der Waals surface area contributed by atoms with Gasteiger partial charge in [0, 0.05) is 52.4 Å². The van der Waals surface area contributed by atoms with Crippen LogP contribution in [-0.4, -0.2) is 144 Å². The Kier molecular flexibility index (Phi) is 22.3. The Hall–Kier alpha value is -6.17. The van der Waals surface area contributed by atoms with Crippen LogP contribution in [0.5, 0.6) is 11.5 Å². The smallest absolute Gasteiger partial charge is 0.414 e. The minimum atomic E-state index is -0.492. The number of halogens is 3. The fraction of sp³-hybridized carbons (Fsp3) is 0.462. The number of hydrogen-bond acceptors (Lipinski definition) is 12. The van der Waals surface area contributed by atoms with Crippen molar-refractivity contribution in [2.24, 2.45) is 0 Å². The van der Waals surface area contributed by atoms with Gasteiger partial charge in [-0.25, -0.2) is 18.4 Å². The Morgan fingerprint density at radius 2 is 1.06 bits per heavy atom. The molecule has 380 valence electrons. The molecular formula is C52H68ClF2N7O8. The number of para-hydroxylation sites is 2. The summed E-state index contributed by atoms with van der Waals surface area (Å²) in [5, 5.41) is 2.75. The quantitative estimate of drug-likeness (QED) is 0.115. The zero-order valence-electron chi connectivity index (χ0n) is 41.0. The van der Waals surface area contributed by atoms with E-state index in [-0.39, 0.29) is 37.1 Å². The molecule has 4 aromatic rings. The van der Waals surface area contributed by atoms with Gasteiger partial charge in [-0.1, -0.05) is 71.0 Å². The largest absolute Gasteiger partial charge is 0.484 e. The van der Waals surface area contributed by atoms with Crippen molar-refractivity contribution < 1.29 is 46.9 Å². The maximum atomic E-state index is 14.8. The first-order valence-corrected chi connectivity index (χ1v) is 24.6. The molecule has 2 atom stereocenters. The van der Waals surface area contributed by atoms with Gasteiger partial charge >= 0.3 is 12.2 Å². The number of nitrogens with zero attached hydrogens (tertiary/aromatic N) is 6. The molecule has 3 amide bonds. The molecule has 1 N–H and O–H groups in total. The lowest BCUT2D eigenvalue weighted by atomic mass is 10.2. The Labute approximate surface area is 416 Å². The number of anilines is 4. The summed E-state index contributed by atoms with van der Waals surface area (Å²) < 4.78 is 50.2. The van der Waals surface area contributed by atoms with Gasteiger partial charge in [-0.2, -0.15) is 0 Å². The lowest BCUT2D eigenvalue weighted by Crippen LogP contribution is -2.50. The van der Waals surface area contributed by atoms with Crippen LogP contribution in [0.2, 0.25) is 0 Å². The molecule has 4 fully saturated rings. The average molecular weight is 993 g/mol. The molecule has 0 unspecified atom stereocenters. The van der Waals surface area contributed by atoms with Crippen LogP contribution in [0.15, 0.2) is 97.1 Å². The molecule has 0 aliphatic carbocycles. The van der Waals surface area contributed by atoms with Crippen LogP contribution in [0.25, 0.3) is 0 Å². The number of nitrogens with one attached hydrogen (secondary N) is 1. The molecule has 8 rings (SSSR count). The maximum Gasteiger partial charge on any atom is 0.414 e. The number of carbonyl (C=O) groups excluding carboxylic acids is 4. The Bertz CT molecular complexity index is 2240. The van der Waals surface area contributed by atoms with Gasteiger partial charge in [-0.05, 0) is 105 Å². The van der Waals surface area contributed by atoms with Crippen molar-refractivity contribution in [2.45, 2.75) is 59.7 Å². The number of hydrogen-bond donors (Lipinski definition) is 1. The van der Waals surface area contributed by atoms with E-state index in [0.29, 0.717) is 73.5 Å². The van der Waals surface area contributed by atoms with E-state index in [4.69, 9.17) is 30.5 Å². The molecule has 0 spiro atoms. The predicted octanol–water partition coefficient (Wildman–Crippen LogP) is 8.44. The summed E-state index contributed by atoms with van der Waals surface area (Å²) in [5.41, 5.74) is 2.12. The van der Waals surface area contributed by atoms with Crippen LogP contribution in [0, 0.1) is 11.6 Å². The van der Waals surface area contributed by atoms with Crippen LogP contribution in [-0.2, 0) is 19.1 Å². The second kappa shape index (κ2) is 28.5. The highest BCUT2D eigenvalue weighted by molar-refractivity contribution is 6.63. The summed E-state index contributed by atoms with van der Waals surface area (Å²) >= 11 is 5.06. The highest BCUT2D eigenvalue weighted by Crippen LogP contribution is 2.30. The molecule has 0 saturated carbocycles. The summed E-state index contributed by atoms with van der Waals surface area (Å²) in [6, 6.07) is 28.0. The minimum absolute atomic E-state index is 0.0161. The molecule has 4 heterocycles. The monoisotopic (exact) mass is 991 g/mol. The van der Waals surface area contributed by atoms with E-state index in [9.17, 15) is 28.0 Å². The Balaban J connectivity index is 0.000000200. The first-order valence-electron chi connectivity index (χ1n) is 24.2. The lowest BCUT2D eigenvalue weighted by Gasteiger charge is -2.36. The molecular weight excluding hydrogens is 924 g/mol. The van der Waals surface area contributed by atoms with Crippen LogP contribution in [0.4, 0.5) is 41.1 Å². The Morgan fingerprint density at radius 1 is 0.629 bits per heavy atom. The standard InChI is InChI=1S/C23H26FN3O4.C15H20FN3O2.C8H7ClO2.C6H15N/c1-2-18-15-27(23(29)31-18)17-8-9-21(20(24)14-17)25-10-12-26(13-11-25)22(28)16-30-19-6-4-3-5-7-19;1-2-12-10-19(15(20)21-12)11-3-4-14(13(16)9-11)18-7-5-17-6-8-18;9-8(10)6-11-7-4-2-1-3-5-7;1-4-7(5-2)6-3/h3-9,14,18H,2,10-13,15-16H2,1H3;3-4,9,12,17H,2,5-8,10H2,1H3;1-5H,6H2;4-6H2,1-3H3/t18-;12-;;/m00../s1.